The van der Waals surface area contributed by atoms with Gasteiger partial charge in [-0.25, -0.2) is 4.39 Å². The molecule has 0 fully saturated rings. The molecule has 0 saturated heterocycles. The lowest BCUT2D eigenvalue weighted by atomic mass is 9.88. The molecule has 2 aromatic carbocycles. The molecule has 1 N–H and O–H groups in total. The van der Waals surface area contributed by atoms with Gasteiger partial charge in [-0.1, -0.05) is 65.8 Å². The van der Waals surface area contributed by atoms with E-state index in [0.717, 1.165) is 37.7 Å². The first kappa shape index (κ1) is 20.3. The standard InChI is InChI=1S/C27H28FNO/c1-19-12-13-21-8-5-9-22(25(21)16-19)14-15-29-27(30)24-10-4-6-20(18-24)17-23-7-2-3-11-26(23)28/h2-3,7,9-13,16,18H,4-6,8,14-15,17H2,1H3,(H,29,30). The average molecular weight is 402 g/mol. The summed E-state index contributed by atoms with van der Waals surface area (Å²) in [4.78, 5) is 12.7. The number of aryl methyl sites for hydroxylation is 2. The minimum Gasteiger partial charge on any atom is -0.352 e. The molecule has 0 saturated carbocycles. The fourth-order valence-electron chi connectivity index (χ4n) is 4.32. The van der Waals surface area contributed by atoms with Crippen LogP contribution in [0.2, 0.25) is 0 Å². The summed E-state index contributed by atoms with van der Waals surface area (Å²) in [6.07, 6.45) is 11.5. The molecule has 3 heteroatoms. The van der Waals surface area contributed by atoms with Crippen LogP contribution in [0.15, 0.2) is 71.8 Å². The molecule has 154 valence electrons. The summed E-state index contributed by atoms with van der Waals surface area (Å²) in [5.41, 5.74) is 7.82. The normalized spacial score (nSPS) is 15.6. The molecule has 0 unspecified atom stereocenters. The average Bonchev–Trinajstić information content (AvgIpc) is 2.76. The number of rotatable bonds is 6. The first-order chi connectivity index (χ1) is 14.6. The number of hydrogen-bond donors (Lipinski definition) is 1. The molecular weight excluding hydrogens is 373 g/mol. The Labute approximate surface area is 178 Å². The zero-order valence-electron chi connectivity index (χ0n) is 17.5. The molecule has 0 aliphatic heterocycles. The molecule has 2 aliphatic rings. The number of allylic oxidation sites excluding steroid dienone is 3. The largest absolute Gasteiger partial charge is 0.352 e. The van der Waals surface area contributed by atoms with Crippen LogP contribution in [0, 0.1) is 12.7 Å². The summed E-state index contributed by atoms with van der Waals surface area (Å²) in [6, 6.07) is 13.5. The van der Waals surface area contributed by atoms with E-state index in [-0.39, 0.29) is 11.7 Å². The van der Waals surface area contributed by atoms with E-state index < -0.39 is 0 Å². The first-order valence-corrected chi connectivity index (χ1v) is 10.8. The van der Waals surface area contributed by atoms with E-state index in [9.17, 15) is 9.18 Å². The van der Waals surface area contributed by atoms with Crippen LogP contribution >= 0.6 is 0 Å². The maximum absolute atomic E-state index is 13.9. The molecule has 2 nitrogen and oxygen atoms in total. The summed E-state index contributed by atoms with van der Waals surface area (Å²) in [6.45, 7) is 2.74. The van der Waals surface area contributed by atoms with Crippen LogP contribution in [-0.2, 0) is 17.6 Å². The van der Waals surface area contributed by atoms with E-state index in [1.54, 1.807) is 6.07 Å². The lowest BCUT2D eigenvalue weighted by molar-refractivity contribution is -0.117. The molecule has 0 aromatic heterocycles. The number of benzene rings is 2. The Balaban J connectivity index is 1.35. The fraction of sp³-hybridized carbons (Fsp3) is 0.296. The van der Waals surface area contributed by atoms with Crippen molar-refractivity contribution in [3.05, 3.63) is 99.9 Å². The van der Waals surface area contributed by atoms with Gasteiger partial charge >= 0.3 is 0 Å². The number of carbonyl (C=O) groups is 1. The van der Waals surface area contributed by atoms with Gasteiger partial charge in [0.15, 0.2) is 0 Å². The summed E-state index contributed by atoms with van der Waals surface area (Å²) in [7, 11) is 0. The van der Waals surface area contributed by atoms with Crippen LogP contribution in [0.4, 0.5) is 4.39 Å². The first-order valence-electron chi connectivity index (χ1n) is 10.8. The van der Waals surface area contributed by atoms with Gasteiger partial charge in [-0.15, -0.1) is 0 Å². The van der Waals surface area contributed by atoms with Crippen LogP contribution in [0.1, 0.15) is 47.9 Å². The van der Waals surface area contributed by atoms with Crippen molar-refractivity contribution in [2.45, 2.75) is 45.4 Å². The second kappa shape index (κ2) is 9.25. The molecule has 4 rings (SSSR count). The third-order valence-corrected chi connectivity index (χ3v) is 5.92. The Kier molecular flexibility index (Phi) is 6.27. The molecular formula is C27H28FNO. The highest BCUT2D eigenvalue weighted by Crippen LogP contribution is 2.29. The highest BCUT2D eigenvalue weighted by molar-refractivity contribution is 5.96. The van der Waals surface area contributed by atoms with Crippen molar-refractivity contribution in [3.63, 3.8) is 0 Å². The van der Waals surface area contributed by atoms with Gasteiger partial charge in [0.25, 0.3) is 5.91 Å². The maximum atomic E-state index is 13.9. The predicted octanol–water partition coefficient (Wildman–Crippen LogP) is 5.86. The number of fused-ring (bicyclic) bond motifs is 1. The third kappa shape index (κ3) is 4.79. The van der Waals surface area contributed by atoms with Crippen LogP contribution in [0.3, 0.4) is 0 Å². The van der Waals surface area contributed by atoms with E-state index >= 15 is 0 Å². The summed E-state index contributed by atoms with van der Waals surface area (Å²) in [5, 5.41) is 3.07. The Hall–Kier alpha value is -2.94. The Morgan fingerprint density at radius 2 is 1.90 bits per heavy atom. The molecule has 0 bridgehead atoms. The fourth-order valence-corrected chi connectivity index (χ4v) is 4.32. The van der Waals surface area contributed by atoms with E-state index in [1.807, 2.05) is 24.3 Å². The van der Waals surface area contributed by atoms with Crippen molar-refractivity contribution in [1.29, 1.82) is 0 Å². The predicted molar refractivity (Wildman–Crippen MR) is 121 cm³/mol. The van der Waals surface area contributed by atoms with E-state index in [4.69, 9.17) is 0 Å². The summed E-state index contributed by atoms with van der Waals surface area (Å²) >= 11 is 0. The highest BCUT2D eigenvalue weighted by atomic mass is 19.1. The second-order valence-corrected chi connectivity index (χ2v) is 8.20. The Morgan fingerprint density at radius 3 is 2.77 bits per heavy atom. The topological polar surface area (TPSA) is 29.1 Å². The summed E-state index contributed by atoms with van der Waals surface area (Å²) in [5.74, 6) is -0.225. The smallest absolute Gasteiger partial charge is 0.250 e. The monoisotopic (exact) mass is 401 g/mol. The minimum absolute atomic E-state index is 0.0402. The van der Waals surface area contributed by atoms with Crippen molar-refractivity contribution in [3.8, 4) is 0 Å². The Morgan fingerprint density at radius 1 is 1.07 bits per heavy atom. The molecule has 1 amide bonds. The molecule has 30 heavy (non-hydrogen) atoms. The molecule has 0 atom stereocenters. The lowest BCUT2D eigenvalue weighted by Crippen LogP contribution is -2.26. The van der Waals surface area contributed by atoms with Crippen molar-refractivity contribution < 1.29 is 9.18 Å². The zero-order chi connectivity index (χ0) is 20.9. The van der Waals surface area contributed by atoms with Gasteiger partial charge < -0.3 is 5.32 Å². The van der Waals surface area contributed by atoms with Gasteiger partial charge in [0.2, 0.25) is 0 Å². The van der Waals surface area contributed by atoms with Crippen LogP contribution in [0.25, 0.3) is 5.57 Å². The number of hydrogen-bond acceptors (Lipinski definition) is 1. The summed E-state index contributed by atoms with van der Waals surface area (Å²) < 4.78 is 13.9. The van der Waals surface area contributed by atoms with Crippen molar-refractivity contribution in [2.75, 3.05) is 6.54 Å². The second-order valence-electron chi connectivity index (χ2n) is 8.20. The molecule has 0 heterocycles. The van der Waals surface area contributed by atoms with Crippen molar-refractivity contribution in [1.82, 2.24) is 5.32 Å². The lowest BCUT2D eigenvalue weighted by Gasteiger charge is -2.19. The van der Waals surface area contributed by atoms with Gasteiger partial charge in [0.1, 0.15) is 5.82 Å². The third-order valence-electron chi connectivity index (χ3n) is 5.92. The molecule has 0 spiro atoms. The van der Waals surface area contributed by atoms with Gasteiger partial charge in [0.05, 0.1) is 0 Å². The van der Waals surface area contributed by atoms with Gasteiger partial charge in [0, 0.05) is 12.1 Å². The number of amides is 1. The Bertz CT molecular complexity index is 1040. The highest BCUT2D eigenvalue weighted by Gasteiger charge is 2.16. The van der Waals surface area contributed by atoms with Crippen molar-refractivity contribution in [2.24, 2.45) is 0 Å². The van der Waals surface area contributed by atoms with E-state index in [0.29, 0.717) is 24.1 Å². The minimum atomic E-state index is -0.185. The SMILES string of the molecule is Cc1ccc2c(c1)C(CCNC(=O)C1=CCCC(Cc3ccccc3F)=C1)=CCC2. The van der Waals surface area contributed by atoms with Crippen LogP contribution < -0.4 is 5.32 Å². The molecule has 0 radical (unpaired) electrons. The zero-order valence-corrected chi connectivity index (χ0v) is 17.5. The van der Waals surface area contributed by atoms with Crippen LogP contribution in [0.5, 0.6) is 0 Å². The van der Waals surface area contributed by atoms with E-state index in [1.165, 1.54) is 28.3 Å². The van der Waals surface area contributed by atoms with Gasteiger partial charge in [-0.3, -0.25) is 4.79 Å². The maximum Gasteiger partial charge on any atom is 0.250 e. The quantitative estimate of drug-likeness (QED) is 0.645. The van der Waals surface area contributed by atoms with E-state index in [2.05, 4.69) is 36.5 Å². The number of nitrogens with one attached hydrogen (secondary N) is 1. The van der Waals surface area contributed by atoms with Gasteiger partial charge in [-0.05, 0) is 73.8 Å². The number of halogens is 1. The van der Waals surface area contributed by atoms with Crippen LogP contribution in [-0.4, -0.2) is 12.5 Å². The van der Waals surface area contributed by atoms with Gasteiger partial charge in [-0.2, -0.15) is 0 Å². The number of carbonyl (C=O) groups excluding carboxylic acids is 1. The van der Waals surface area contributed by atoms with Crippen molar-refractivity contribution >= 4 is 11.5 Å². The molecule has 2 aliphatic carbocycles. The molecule has 2 aromatic rings.